The van der Waals surface area contributed by atoms with Crippen LogP contribution in [0.2, 0.25) is 0 Å². The first-order valence-electron chi connectivity index (χ1n) is 9.31. The highest BCUT2D eigenvalue weighted by molar-refractivity contribution is 5.96. The van der Waals surface area contributed by atoms with Crippen LogP contribution in [0.4, 0.5) is 11.4 Å². The summed E-state index contributed by atoms with van der Waals surface area (Å²) in [6.07, 6.45) is 2.12. The van der Waals surface area contributed by atoms with E-state index < -0.39 is 0 Å². The van der Waals surface area contributed by atoms with E-state index >= 15 is 0 Å². The van der Waals surface area contributed by atoms with Gasteiger partial charge in [-0.25, -0.2) is 0 Å². The maximum absolute atomic E-state index is 12.3. The van der Waals surface area contributed by atoms with Crippen LogP contribution in [0.3, 0.4) is 0 Å². The van der Waals surface area contributed by atoms with E-state index in [2.05, 4.69) is 16.0 Å². The molecule has 1 unspecified atom stereocenters. The SMILES string of the molecule is COc1ccc(NC(=O)CNc2cccc(C(=O)NCC3CCCO3)c2)cc1. The predicted molar refractivity (Wildman–Crippen MR) is 108 cm³/mol. The van der Waals surface area contributed by atoms with Crippen molar-refractivity contribution in [3.63, 3.8) is 0 Å². The lowest BCUT2D eigenvalue weighted by Crippen LogP contribution is -2.31. The van der Waals surface area contributed by atoms with Crippen LogP contribution >= 0.6 is 0 Å². The molecule has 2 aromatic carbocycles. The third kappa shape index (κ3) is 5.72. The molecule has 1 atom stereocenters. The van der Waals surface area contributed by atoms with Gasteiger partial charge in [0.15, 0.2) is 0 Å². The molecule has 7 heteroatoms. The van der Waals surface area contributed by atoms with E-state index in [0.717, 1.165) is 25.2 Å². The summed E-state index contributed by atoms with van der Waals surface area (Å²) in [5, 5.41) is 8.73. The molecule has 3 rings (SSSR count). The van der Waals surface area contributed by atoms with E-state index in [-0.39, 0.29) is 24.5 Å². The summed E-state index contributed by atoms with van der Waals surface area (Å²) >= 11 is 0. The van der Waals surface area contributed by atoms with Gasteiger partial charge in [-0.1, -0.05) is 6.07 Å². The van der Waals surface area contributed by atoms with E-state index in [1.165, 1.54) is 0 Å². The molecular weight excluding hydrogens is 358 g/mol. The molecule has 1 aliphatic heterocycles. The predicted octanol–water partition coefficient (Wildman–Crippen LogP) is 2.65. The number of hydrogen-bond donors (Lipinski definition) is 3. The van der Waals surface area contributed by atoms with Crippen molar-refractivity contribution in [2.75, 3.05) is 37.4 Å². The van der Waals surface area contributed by atoms with Crippen LogP contribution in [0.1, 0.15) is 23.2 Å². The number of hydrogen-bond acceptors (Lipinski definition) is 5. The van der Waals surface area contributed by atoms with Crippen molar-refractivity contribution in [2.24, 2.45) is 0 Å². The molecule has 0 bridgehead atoms. The van der Waals surface area contributed by atoms with Gasteiger partial charge in [-0.15, -0.1) is 0 Å². The third-order valence-electron chi connectivity index (χ3n) is 4.47. The lowest BCUT2D eigenvalue weighted by molar-refractivity contribution is -0.114. The Bertz CT molecular complexity index is 802. The zero-order valence-corrected chi connectivity index (χ0v) is 15.9. The van der Waals surface area contributed by atoms with Crippen LogP contribution in [-0.4, -0.2) is 44.7 Å². The van der Waals surface area contributed by atoms with Crippen LogP contribution in [0.25, 0.3) is 0 Å². The zero-order valence-electron chi connectivity index (χ0n) is 15.9. The first-order chi connectivity index (χ1) is 13.6. The van der Waals surface area contributed by atoms with Crippen LogP contribution in [-0.2, 0) is 9.53 Å². The standard InChI is InChI=1S/C21H25N3O4/c1-27-18-9-7-16(8-10-18)24-20(25)14-22-17-5-2-4-15(12-17)21(26)23-13-19-6-3-11-28-19/h2,4-5,7-10,12,19,22H,3,6,11,13-14H2,1H3,(H,23,26)(H,24,25). The van der Waals surface area contributed by atoms with Crippen molar-refractivity contribution in [1.29, 1.82) is 0 Å². The topological polar surface area (TPSA) is 88.7 Å². The Morgan fingerprint density at radius 2 is 1.96 bits per heavy atom. The Morgan fingerprint density at radius 1 is 1.14 bits per heavy atom. The minimum Gasteiger partial charge on any atom is -0.497 e. The molecule has 2 aromatic rings. The molecule has 148 valence electrons. The fraction of sp³-hybridized carbons (Fsp3) is 0.333. The average Bonchev–Trinajstić information content (AvgIpc) is 3.25. The molecule has 0 radical (unpaired) electrons. The van der Waals surface area contributed by atoms with E-state index in [1.54, 1.807) is 49.6 Å². The van der Waals surface area contributed by atoms with Crippen LogP contribution in [0.5, 0.6) is 5.75 Å². The fourth-order valence-electron chi connectivity index (χ4n) is 2.95. The van der Waals surface area contributed by atoms with Crippen molar-refractivity contribution in [1.82, 2.24) is 5.32 Å². The summed E-state index contributed by atoms with van der Waals surface area (Å²) in [4.78, 5) is 24.4. The number of amides is 2. The summed E-state index contributed by atoms with van der Waals surface area (Å²) in [5.41, 5.74) is 1.93. The number of carbonyl (C=O) groups excluding carboxylic acids is 2. The second-order valence-electron chi connectivity index (χ2n) is 6.56. The van der Waals surface area contributed by atoms with Gasteiger partial charge in [-0.05, 0) is 55.3 Å². The first kappa shape index (κ1) is 19.7. The number of carbonyl (C=O) groups is 2. The zero-order chi connectivity index (χ0) is 19.8. The minimum atomic E-state index is -0.182. The van der Waals surface area contributed by atoms with Crippen molar-refractivity contribution in [2.45, 2.75) is 18.9 Å². The Labute approximate surface area is 164 Å². The van der Waals surface area contributed by atoms with Gasteiger partial charge >= 0.3 is 0 Å². The van der Waals surface area contributed by atoms with Gasteiger partial charge in [0.2, 0.25) is 5.91 Å². The molecule has 0 aliphatic carbocycles. The molecule has 28 heavy (non-hydrogen) atoms. The highest BCUT2D eigenvalue weighted by atomic mass is 16.5. The Kier molecular flexibility index (Phi) is 6.86. The van der Waals surface area contributed by atoms with Crippen LogP contribution in [0, 0.1) is 0 Å². The maximum Gasteiger partial charge on any atom is 0.251 e. The highest BCUT2D eigenvalue weighted by Crippen LogP contribution is 2.15. The maximum atomic E-state index is 12.3. The summed E-state index contributed by atoms with van der Waals surface area (Å²) in [6, 6.07) is 14.2. The molecule has 1 heterocycles. The molecule has 1 aliphatic rings. The third-order valence-corrected chi connectivity index (χ3v) is 4.47. The number of anilines is 2. The number of methoxy groups -OCH3 is 1. The van der Waals surface area contributed by atoms with E-state index in [0.29, 0.717) is 23.5 Å². The molecule has 1 saturated heterocycles. The second kappa shape index (κ2) is 9.75. The fourth-order valence-corrected chi connectivity index (χ4v) is 2.95. The highest BCUT2D eigenvalue weighted by Gasteiger charge is 2.16. The van der Waals surface area contributed by atoms with E-state index in [4.69, 9.17) is 9.47 Å². The Hall–Kier alpha value is -3.06. The number of rotatable bonds is 8. The minimum absolute atomic E-state index is 0.0903. The monoisotopic (exact) mass is 383 g/mol. The van der Waals surface area contributed by atoms with E-state index in [1.807, 2.05) is 6.07 Å². The van der Waals surface area contributed by atoms with Gasteiger partial charge in [0, 0.05) is 30.1 Å². The van der Waals surface area contributed by atoms with Gasteiger partial charge in [0.25, 0.3) is 5.91 Å². The summed E-state index contributed by atoms with van der Waals surface area (Å²) in [7, 11) is 1.59. The van der Waals surface area contributed by atoms with Crippen LogP contribution < -0.4 is 20.7 Å². The van der Waals surface area contributed by atoms with Gasteiger partial charge in [-0.2, -0.15) is 0 Å². The van der Waals surface area contributed by atoms with Gasteiger partial charge in [0.1, 0.15) is 5.75 Å². The van der Waals surface area contributed by atoms with Gasteiger partial charge in [-0.3, -0.25) is 9.59 Å². The molecule has 2 amide bonds. The summed E-state index contributed by atoms with van der Waals surface area (Å²) < 4.78 is 10.6. The summed E-state index contributed by atoms with van der Waals surface area (Å²) in [5.74, 6) is 0.394. The number of ether oxygens (including phenoxy) is 2. The average molecular weight is 383 g/mol. The van der Waals surface area contributed by atoms with Gasteiger partial charge < -0.3 is 25.4 Å². The molecule has 0 aromatic heterocycles. The molecule has 0 spiro atoms. The first-order valence-corrected chi connectivity index (χ1v) is 9.31. The number of nitrogens with one attached hydrogen (secondary N) is 3. The van der Waals surface area contributed by atoms with Crippen molar-refractivity contribution < 1.29 is 19.1 Å². The van der Waals surface area contributed by atoms with Crippen molar-refractivity contribution in [3.05, 3.63) is 54.1 Å². The number of benzene rings is 2. The molecular formula is C21H25N3O4. The smallest absolute Gasteiger partial charge is 0.251 e. The van der Waals surface area contributed by atoms with E-state index in [9.17, 15) is 9.59 Å². The molecule has 1 fully saturated rings. The second-order valence-corrected chi connectivity index (χ2v) is 6.56. The Balaban J connectivity index is 1.47. The normalized spacial score (nSPS) is 15.7. The molecule has 0 saturated carbocycles. The quantitative estimate of drug-likeness (QED) is 0.652. The lowest BCUT2D eigenvalue weighted by Gasteiger charge is -2.12. The molecule has 3 N–H and O–H groups in total. The molecule has 7 nitrogen and oxygen atoms in total. The Morgan fingerprint density at radius 3 is 2.68 bits per heavy atom. The summed E-state index contributed by atoms with van der Waals surface area (Å²) in [6.45, 7) is 1.37. The largest absolute Gasteiger partial charge is 0.497 e. The van der Waals surface area contributed by atoms with Gasteiger partial charge in [0.05, 0.1) is 19.8 Å². The van der Waals surface area contributed by atoms with Crippen molar-refractivity contribution in [3.8, 4) is 5.75 Å². The lowest BCUT2D eigenvalue weighted by atomic mass is 10.1. The van der Waals surface area contributed by atoms with Crippen molar-refractivity contribution >= 4 is 23.2 Å². The van der Waals surface area contributed by atoms with Crippen LogP contribution in [0.15, 0.2) is 48.5 Å².